The monoisotopic (exact) mass is 451 g/mol. The normalized spacial score (nSPS) is 23.0. The molecule has 2 aliphatic rings. The number of aryl methyl sites for hydroxylation is 1. The molecule has 0 spiro atoms. The van der Waals surface area contributed by atoms with Gasteiger partial charge in [-0.1, -0.05) is 0 Å². The highest BCUT2D eigenvalue weighted by molar-refractivity contribution is 5.70. The van der Waals surface area contributed by atoms with Crippen molar-refractivity contribution in [1.82, 2.24) is 29.9 Å². The van der Waals surface area contributed by atoms with Crippen molar-refractivity contribution in [3.63, 3.8) is 0 Å². The minimum atomic E-state index is 0.450. The molecule has 176 valence electrons. The van der Waals surface area contributed by atoms with Crippen molar-refractivity contribution in [3.8, 4) is 22.8 Å². The molecule has 0 aliphatic carbocycles. The minimum Gasteiger partial charge on any atom is -0.481 e. The van der Waals surface area contributed by atoms with E-state index < -0.39 is 0 Å². The first-order valence-electron chi connectivity index (χ1n) is 11.7. The quantitative estimate of drug-likeness (QED) is 0.616. The van der Waals surface area contributed by atoms with Crippen molar-refractivity contribution in [2.75, 3.05) is 25.8 Å². The van der Waals surface area contributed by atoms with E-state index in [2.05, 4.69) is 40.3 Å². The van der Waals surface area contributed by atoms with Gasteiger partial charge < -0.3 is 20.1 Å². The van der Waals surface area contributed by atoms with Crippen LogP contribution in [0.5, 0.6) is 5.88 Å². The van der Waals surface area contributed by atoms with Crippen molar-refractivity contribution in [2.24, 2.45) is 5.92 Å². The summed E-state index contributed by atoms with van der Waals surface area (Å²) in [6.07, 6.45) is 8.99. The lowest BCUT2D eigenvalue weighted by atomic mass is 9.89. The molecule has 2 aliphatic heterocycles. The molecule has 2 N–H and O–H groups in total. The number of pyridine rings is 1. The molecule has 3 aromatic rings. The number of piperidine rings is 1. The lowest BCUT2D eigenvalue weighted by molar-refractivity contribution is 0.159. The van der Waals surface area contributed by atoms with Gasteiger partial charge in [0.2, 0.25) is 5.88 Å². The number of nitrogens with one attached hydrogen (secondary N) is 2. The summed E-state index contributed by atoms with van der Waals surface area (Å²) in [6.45, 7) is 8.56. The highest BCUT2D eigenvalue weighted by Gasteiger charge is 2.26. The molecule has 3 atom stereocenters. The minimum absolute atomic E-state index is 0.450. The molecular weight excluding hydrogens is 418 g/mol. The Morgan fingerprint density at radius 3 is 2.79 bits per heavy atom. The van der Waals surface area contributed by atoms with Gasteiger partial charge in [0.15, 0.2) is 0 Å². The molecule has 3 aromatic heterocycles. The molecule has 0 aromatic carbocycles. The summed E-state index contributed by atoms with van der Waals surface area (Å²) >= 11 is 0. The van der Waals surface area contributed by atoms with Crippen LogP contribution < -0.4 is 15.4 Å². The molecule has 0 radical (unpaired) electrons. The van der Waals surface area contributed by atoms with Gasteiger partial charge in [-0.2, -0.15) is 10.2 Å². The maximum absolute atomic E-state index is 5.69. The van der Waals surface area contributed by atoms with Crippen LogP contribution in [-0.4, -0.2) is 57.1 Å². The number of ether oxygens (including phenoxy) is 2. The molecule has 33 heavy (non-hydrogen) atoms. The maximum atomic E-state index is 5.69. The van der Waals surface area contributed by atoms with Crippen LogP contribution in [0.3, 0.4) is 0 Å². The second kappa shape index (κ2) is 9.15. The number of rotatable bonds is 5. The van der Waals surface area contributed by atoms with Crippen molar-refractivity contribution < 1.29 is 9.47 Å². The molecule has 1 saturated heterocycles. The largest absolute Gasteiger partial charge is 0.481 e. The van der Waals surface area contributed by atoms with Crippen LogP contribution in [0.4, 0.5) is 5.82 Å². The molecule has 9 heteroatoms. The highest BCUT2D eigenvalue weighted by Crippen LogP contribution is 2.33. The Morgan fingerprint density at radius 2 is 2.03 bits per heavy atom. The van der Waals surface area contributed by atoms with Crippen LogP contribution in [0.2, 0.25) is 0 Å². The van der Waals surface area contributed by atoms with Crippen LogP contribution in [0.1, 0.15) is 37.8 Å². The van der Waals surface area contributed by atoms with Crippen molar-refractivity contribution in [3.05, 3.63) is 35.8 Å². The average molecular weight is 452 g/mol. The van der Waals surface area contributed by atoms with Crippen LogP contribution in [0.15, 0.2) is 24.7 Å². The molecular formula is C24H33N7O2. The summed E-state index contributed by atoms with van der Waals surface area (Å²) in [4.78, 5) is 4.45. The lowest BCUT2D eigenvalue weighted by Gasteiger charge is -2.32. The third-order valence-electron chi connectivity index (χ3n) is 6.57. The first kappa shape index (κ1) is 21.9. The number of anilines is 1. The lowest BCUT2D eigenvalue weighted by Crippen LogP contribution is -2.43. The maximum Gasteiger partial charge on any atom is 0.216 e. The fourth-order valence-corrected chi connectivity index (χ4v) is 5.25. The predicted molar refractivity (Wildman–Crippen MR) is 127 cm³/mol. The molecule has 9 nitrogen and oxygen atoms in total. The Bertz CT molecular complexity index is 1110. The molecule has 0 bridgehead atoms. The zero-order chi connectivity index (χ0) is 22.9. The fourth-order valence-electron chi connectivity index (χ4n) is 5.25. The zero-order valence-corrected chi connectivity index (χ0v) is 19.8. The smallest absolute Gasteiger partial charge is 0.216 e. The number of hydrogen-bond acceptors (Lipinski definition) is 7. The van der Waals surface area contributed by atoms with E-state index in [0.29, 0.717) is 37.2 Å². The second-order valence-electron chi connectivity index (χ2n) is 9.34. The predicted octanol–water partition coefficient (Wildman–Crippen LogP) is 3.17. The van der Waals surface area contributed by atoms with Gasteiger partial charge in [-0.25, -0.2) is 9.67 Å². The topological polar surface area (TPSA) is 91.0 Å². The van der Waals surface area contributed by atoms with Gasteiger partial charge in [0.05, 0.1) is 31.8 Å². The van der Waals surface area contributed by atoms with Gasteiger partial charge in [-0.05, 0) is 45.6 Å². The fraction of sp³-hybridized carbons (Fsp3) is 0.542. The summed E-state index contributed by atoms with van der Waals surface area (Å²) in [6, 6.07) is 3.14. The van der Waals surface area contributed by atoms with E-state index in [1.807, 2.05) is 23.9 Å². The summed E-state index contributed by atoms with van der Waals surface area (Å²) in [5, 5.41) is 16.7. The SMILES string of the molecule is COc1ncc(-n2nc(-c3cnn(CC4C[C@@H](C)N[C@@H](C)C4)c3)c3c2NCOCC3)cc1C. The molecule has 5 rings (SSSR count). The standard InChI is InChI=1S/C24H33N7O2/c1-15-7-20(11-25-24(15)32-4)31-23-21(5-6-33-14-26-23)22(29-31)19-10-27-30(13-19)12-18-8-16(2)28-17(3)9-18/h7,10-11,13,16-18,26,28H,5-6,8-9,12,14H2,1-4H3/t16-,17+,18?. The van der Waals surface area contributed by atoms with Gasteiger partial charge in [-0.3, -0.25) is 4.68 Å². The Labute approximate surface area is 194 Å². The van der Waals surface area contributed by atoms with Gasteiger partial charge >= 0.3 is 0 Å². The number of fused-ring (bicyclic) bond motifs is 1. The number of methoxy groups -OCH3 is 1. The van der Waals surface area contributed by atoms with E-state index in [-0.39, 0.29) is 0 Å². The Morgan fingerprint density at radius 1 is 1.21 bits per heavy atom. The third kappa shape index (κ3) is 4.47. The summed E-state index contributed by atoms with van der Waals surface area (Å²) in [7, 11) is 1.63. The molecule has 5 heterocycles. The average Bonchev–Trinajstić information content (AvgIpc) is 3.29. The van der Waals surface area contributed by atoms with E-state index in [1.165, 1.54) is 12.8 Å². The number of aromatic nitrogens is 5. The first-order chi connectivity index (χ1) is 16.0. The van der Waals surface area contributed by atoms with E-state index in [0.717, 1.165) is 46.9 Å². The zero-order valence-electron chi connectivity index (χ0n) is 19.8. The van der Waals surface area contributed by atoms with Crippen molar-refractivity contribution in [1.29, 1.82) is 0 Å². The van der Waals surface area contributed by atoms with Crippen molar-refractivity contribution >= 4 is 5.82 Å². The van der Waals surface area contributed by atoms with Gasteiger partial charge in [0.1, 0.15) is 18.2 Å². The van der Waals surface area contributed by atoms with E-state index in [9.17, 15) is 0 Å². The summed E-state index contributed by atoms with van der Waals surface area (Å²) in [5.74, 6) is 2.20. The number of hydrogen-bond donors (Lipinski definition) is 2. The van der Waals surface area contributed by atoms with Gasteiger partial charge in [0, 0.05) is 47.9 Å². The molecule has 0 amide bonds. The van der Waals surface area contributed by atoms with Gasteiger partial charge in [-0.15, -0.1) is 0 Å². The molecule has 0 saturated carbocycles. The summed E-state index contributed by atoms with van der Waals surface area (Å²) < 4.78 is 15.0. The molecule has 1 fully saturated rings. The van der Waals surface area contributed by atoms with E-state index in [4.69, 9.17) is 19.7 Å². The summed E-state index contributed by atoms with van der Waals surface area (Å²) in [5.41, 5.74) is 4.96. The van der Waals surface area contributed by atoms with Crippen LogP contribution in [0, 0.1) is 12.8 Å². The Hall–Kier alpha value is -2.91. The Balaban J connectivity index is 1.47. The first-order valence-corrected chi connectivity index (χ1v) is 11.7. The second-order valence-corrected chi connectivity index (χ2v) is 9.34. The van der Waals surface area contributed by atoms with Gasteiger partial charge in [0.25, 0.3) is 0 Å². The molecule has 1 unspecified atom stereocenters. The van der Waals surface area contributed by atoms with Crippen LogP contribution in [-0.2, 0) is 17.7 Å². The Kier molecular flexibility index (Phi) is 6.07. The van der Waals surface area contributed by atoms with Crippen LogP contribution in [0.25, 0.3) is 16.9 Å². The number of nitrogens with zero attached hydrogens (tertiary/aromatic N) is 5. The third-order valence-corrected chi connectivity index (χ3v) is 6.57. The van der Waals surface area contributed by atoms with E-state index >= 15 is 0 Å². The van der Waals surface area contributed by atoms with Crippen LogP contribution >= 0.6 is 0 Å². The highest BCUT2D eigenvalue weighted by atomic mass is 16.5. The van der Waals surface area contributed by atoms with E-state index in [1.54, 1.807) is 13.3 Å². The van der Waals surface area contributed by atoms with Crippen molar-refractivity contribution in [2.45, 2.75) is 58.7 Å².